The lowest BCUT2D eigenvalue weighted by Crippen LogP contribution is -2.21. The highest BCUT2D eigenvalue weighted by molar-refractivity contribution is 5.73. The van der Waals surface area contributed by atoms with Gasteiger partial charge in [0.05, 0.1) is 5.92 Å². The van der Waals surface area contributed by atoms with Crippen LogP contribution in [0, 0.1) is 18.8 Å². The van der Waals surface area contributed by atoms with E-state index in [0.717, 1.165) is 37.5 Å². The van der Waals surface area contributed by atoms with E-state index in [1.54, 1.807) is 0 Å². The fourth-order valence-electron chi connectivity index (χ4n) is 1.89. The van der Waals surface area contributed by atoms with Crippen LogP contribution in [0.4, 0.5) is 0 Å². The molecule has 0 amide bonds. The van der Waals surface area contributed by atoms with Crippen LogP contribution in [0.15, 0.2) is 16.5 Å². The third-order valence-electron chi connectivity index (χ3n) is 2.99. The van der Waals surface area contributed by atoms with Crippen molar-refractivity contribution < 1.29 is 14.3 Å². The summed E-state index contributed by atoms with van der Waals surface area (Å²) < 4.78 is 5.43. The second kappa shape index (κ2) is 4.70. The summed E-state index contributed by atoms with van der Waals surface area (Å²) in [6, 6.07) is 3.94. The maximum Gasteiger partial charge on any atom is 0.306 e. The van der Waals surface area contributed by atoms with Crippen molar-refractivity contribution in [3.05, 3.63) is 23.7 Å². The standard InChI is InChI=1S/C12H17NO3/c1-8-2-3-10(16-8)4-5-13-7-9-6-11(9)12(14)15/h2-3,9,11,13H,4-7H2,1H3,(H,14,15). The first-order valence-corrected chi connectivity index (χ1v) is 5.65. The molecule has 4 nitrogen and oxygen atoms in total. The van der Waals surface area contributed by atoms with E-state index in [1.165, 1.54) is 0 Å². The van der Waals surface area contributed by atoms with Crippen molar-refractivity contribution in [1.82, 2.24) is 5.32 Å². The number of carboxylic acids is 1. The molecule has 2 unspecified atom stereocenters. The monoisotopic (exact) mass is 223 g/mol. The smallest absolute Gasteiger partial charge is 0.306 e. The molecule has 1 aliphatic rings. The Hall–Kier alpha value is -1.29. The molecule has 0 aromatic carbocycles. The number of carboxylic acid groups (broad SMARTS) is 1. The summed E-state index contributed by atoms with van der Waals surface area (Å²) in [5.74, 6) is 1.47. The van der Waals surface area contributed by atoms with Gasteiger partial charge in [-0.2, -0.15) is 0 Å². The molecule has 1 aromatic heterocycles. The lowest BCUT2D eigenvalue weighted by Gasteiger charge is -2.01. The Morgan fingerprint density at radius 2 is 2.44 bits per heavy atom. The molecule has 2 atom stereocenters. The van der Waals surface area contributed by atoms with E-state index in [2.05, 4.69) is 5.32 Å². The lowest BCUT2D eigenvalue weighted by molar-refractivity contribution is -0.138. The van der Waals surface area contributed by atoms with Gasteiger partial charge in [0.2, 0.25) is 0 Å². The highest BCUT2D eigenvalue weighted by Gasteiger charge is 2.42. The van der Waals surface area contributed by atoms with Crippen LogP contribution in [-0.4, -0.2) is 24.2 Å². The average Bonchev–Trinajstić information content (AvgIpc) is 2.90. The Morgan fingerprint density at radius 3 is 3.00 bits per heavy atom. The van der Waals surface area contributed by atoms with Gasteiger partial charge in [-0.25, -0.2) is 0 Å². The largest absolute Gasteiger partial charge is 0.481 e. The average molecular weight is 223 g/mol. The number of nitrogens with one attached hydrogen (secondary N) is 1. The minimum Gasteiger partial charge on any atom is -0.481 e. The fourth-order valence-corrected chi connectivity index (χ4v) is 1.89. The number of aryl methyl sites for hydroxylation is 1. The molecule has 0 spiro atoms. The molecule has 1 fully saturated rings. The molecule has 88 valence electrons. The Kier molecular flexibility index (Phi) is 3.29. The summed E-state index contributed by atoms with van der Waals surface area (Å²) >= 11 is 0. The summed E-state index contributed by atoms with van der Waals surface area (Å²) in [7, 11) is 0. The van der Waals surface area contributed by atoms with E-state index in [4.69, 9.17) is 9.52 Å². The van der Waals surface area contributed by atoms with Crippen molar-refractivity contribution in [2.24, 2.45) is 11.8 Å². The fraction of sp³-hybridized carbons (Fsp3) is 0.583. The van der Waals surface area contributed by atoms with Crippen molar-refractivity contribution in [2.75, 3.05) is 13.1 Å². The number of rotatable bonds is 6. The molecule has 2 rings (SSSR count). The molecule has 0 radical (unpaired) electrons. The molecule has 1 saturated carbocycles. The van der Waals surface area contributed by atoms with Crippen molar-refractivity contribution >= 4 is 5.97 Å². The third-order valence-corrected chi connectivity index (χ3v) is 2.99. The van der Waals surface area contributed by atoms with Gasteiger partial charge in [-0.05, 0) is 37.9 Å². The predicted molar refractivity (Wildman–Crippen MR) is 59.3 cm³/mol. The molecule has 1 aromatic rings. The van der Waals surface area contributed by atoms with Crippen molar-refractivity contribution in [3.8, 4) is 0 Å². The number of furan rings is 1. The Labute approximate surface area is 94.6 Å². The van der Waals surface area contributed by atoms with E-state index in [9.17, 15) is 4.79 Å². The zero-order valence-electron chi connectivity index (χ0n) is 9.40. The van der Waals surface area contributed by atoms with Crippen molar-refractivity contribution in [3.63, 3.8) is 0 Å². The zero-order valence-corrected chi connectivity index (χ0v) is 9.40. The summed E-state index contributed by atoms with van der Waals surface area (Å²) in [6.45, 7) is 3.57. The topological polar surface area (TPSA) is 62.5 Å². The van der Waals surface area contributed by atoms with Gasteiger partial charge in [-0.15, -0.1) is 0 Å². The first-order chi connectivity index (χ1) is 7.66. The molecule has 0 saturated heterocycles. The van der Waals surface area contributed by atoms with Gasteiger partial charge in [-0.3, -0.25) is 4.79 Å². The van der Waals surface area contributed by atoms with Crippen LogP contribution in [0.1, 0.15) is 17.9 Å². The van der Waals surface area contributed by atoms with Crippen molar-refractivity contribution in [2.45, 2.75) is 19.8 Å². The van der Waals surface area contributed by atoms with Gasteiger partial charge in [0, 0.05) is 13.0 Å². The zero-order chi connectivity index (χ0) is 11.5. The molecule has 1 aliphatic carbocycles. The summed E-state index contributed by atoms with van der Waals surface area (Å²) in [4.78, 5) is 10.6. The SMILES string of the molecule is Cc1ccc(CCNCC2CC2C(=O)O)o1. The summed E-state index contributed by atoms with van der Waals surface area (Å²) in [5, 5.41) is 12.0. The quantitative estimate of drug-likeness (QED) is 0.716. The lowest BCUT2D eigenvalue weighted by atomic mass is 10.3. The molecular weight excluding hydrogens is 206 g/mol. The number of hydrogen-bond acceptors (Lipinski definition) is 3. The second-order valence-corrected chi connectivity index (χ2v) is 4.41. The molecule has 16 heavy (non-hydrogen) atoms. The number of carbonyl (C=O) groups is 1. The molecule has 4 heteroatoms. The van der Waals surface area contributed by atoms with Crippen LogP contribution in [0.3, 0.4) is 0 Å². The maximum atomic E-state index is 10.6. The second-order valence-electron chi connectivity index (χ2n) is 4.41. The Bertz CT molecular complexity index is 372. The van der Waals surface area contributed by atoms with Crippen LogP contribution in [0.25, 0.3) is 0 Å². The maximum absolute atomic E-state index is 10.6. The van der Waals surface area contributed by atoms with Gasteiger partial charge < -0.3 is 14.8 Å². The minimum atomic E-state index is -0.659. The molecule has 1 heterocycles. The predicted octanol–water partition coefficient (Wildman–Crippen LogP) is 1.44. The first-order valence-electron chi connectivity index (χ1n) is 5.65. The highest BCUT2D eigenvalue weighted by atomic mass is 16.4. The van der Waals surface area contributed by atoms with Gasteiger partial charge >= 0.3 is 5.97 Å². The van der Waals surface area contributed by atoms with Gasteiger partial charge in [0.25, 0.3) is 0 Å². The molecule has 2 N–H and O–H groups in total. The van der Waals surface area contributed by atoms with Crippen LogP contribution in [-0.2, 0) is 11.2 Å². The minimum absolute atomic E-state index is 0.113. The molecular formula is C12H17NO3. The van der Waals surface area contributed by atoms with Crippen LogP contribution >= 0.6 is 0 Å². The van der Waals surface area contributed by atoms with E-state index >= 15 is 0 Å². The first kappa shape index (κ1) is 11.2. The van der Waals surface area contributed by atoms with E-state index < -0.39 is 5.97 Å². The Morgan fingerprint density at radius 1 is 1.62 bits per heavy atom. The van der Waals surface area contributed by atoms with Gasteiger partial charge in [-0.1, -0.05) is 0 Å². The summed E-state index contributed by atoms with van der Waals surface area (Å²) in [6.07, 6.45) is 1.68. The van der Waals surface area contributed by atoms with E-state index in [-0.39, 0.29) is 5.92 Å². The summed E-state index contributed by atoms with van der Waals surface area (Å²) in [5.41, 5.74) is 0. The van der Waals surface area contributed by atoms with Crippen LogP contribution in [0.2, 0.25) is 0 Å². The molecule has 0 aliphatic heterocycles. The van der Waals surface area contributed by atoms with Gasteiger partial charge in [0.15, 0.2) is 0 Å². The van der Waals surface area contributed by atoms with E-state index in [0.29, 0.717) is 5.92 Å². The van der Waals surface area contributed by atoms with Crippen LogP contribution in [0.5, 0.6) is 0 Å². The van der Waals surface area contributed by atoms with E-state index in [1.807, 2.05) is 19.1 Å². The Balaban J connectivity index is 1.58. The van der Waals surface area contributed by atoms with Gasteiger partial charge in [0.1, 0.15) is 11.5 Å². The van der Waals surface area contributed by atoms with Crippen LogP contribution < -0.4 is 5.32 Å². The van der Waals surface area contributed by atoms with Crippen molar-refractivity contribution in [1.29, 1.82) is 0 Å². The third kappa shape index (κ3) is 2.85. The molecule has 0 bridgehead atoms. The normalized spacial score (nSPS) is 23.3. The number of aliphatic carboxylic acids is 1. The number of hydrogen-bond donors (Lipinski definition) is 2. The highest BCUT2D eigenvalue weighted by Crippen LogP contribution is 2.37.